The van der Waals surface area contributed by atoms with Crippen molar-refractivity contribution in [2.45, 2.75) is 13.3 Å². The van der Waals surface area contributed by atoms with E-state index in [1.807, 2.05) is 6.92 Å². The predicted molar refractivity (Wildman–Crippen MR) is 75.5 cm³/mol. The van der Waals surface area contributed by atoms with Crippen LogP contribution in [0.5, 0.6) is 0 Å². The molecule has 100 valence electrons. The number of hydrogen-bond acceptors (Lipinski definition) is 4. The average molecular weight is 281 g/mol. The van der Waals surface area contributed by atoms with E-state index in [0.717, 1.165) is 19.2 Å². The fourth-order valence-corrected chi connectivity index (χ4v) is 1.67. The van der Waals surface area contributed by atoms with Crippen molar-refractivity contribution in [2.75, 3.05) is 17.2 Å². The third-order valence-electron chi connectivity index (χ3n) is 2.36. The summed E-state index contributed by atoms with van der Waals surface area (Å²) in [5.74, 6) is 0.00525. The van der Waals surface area contributed by atoms with Gasteiger partial charge < -0.3 is 10.6 Å². The van der Waals surface area contributed by atoms with Gasteiger partial charge in [-0.05, 0) is 24.6 Å². The molecule has 2 N–H and O–H groups in total. The standard InChI is InChI=1S/C13H14ClFN4/c1-2-6-16-13-17-8-11(15)12(19-13)18-10-5-3-4-9(14)7-10/h3-5,7-8H,2,6H2,1H3,(H2,16,17,18,19). The second-order valence-electron chi connectivity index (χ2n) is 3.95. The molecule has 2 aromatic rings. The van der Waals surface area contributed by atoms with Crippen molar-refractivity contribution in [3.8, 4) is 0 Å². The topological polar surface area (TPSA) is 49.8 Å². The Morgan fingerprint density at radius 3 is 2.95 bits per heavy atom. The number of hydrogen-bond donors (Lipinski definition) is 2. The van der Waals surface area contributed by atoms with Crippen molar-refractivity contribution in [2.24, 2.45) is 0 Å². The highest BCUT2D eigenvalue weighted by Gasteiger charge is 2.07. The van der Waals surface area contributed by atoms with E-state index in [1.54, 1.807) is 24.3 Å². The lowest BCUT2D eigenvalue weighted by molar-refractivity contribution is 0.619. The average Bonchev–Trinajstić information content (AvgIpc) is 2.40. The smallest absolute Gasteiger partial charge is 0.224 e. The number of rotatable bonds is 5. The van der Waals surface area contributed by atoms with E-state index >= 15 is 0 Å². The molecule has 0 amide bonds. The van der Waals surface area contributed by atoms with Crippen LogP contribution in [0.15, 0.2) is 30.5 Å². The van der Waals surface area contributed by atoms with Crippen LogP contribution in [0.1, 0.15) is 13.3 Å². The number of nitrogens with one attached hydrogen (secondary N) is 2. The molecule has 1 aromatic carbocycles. The lowest BCUT2D eigenvalue weighted by Gasteiger charge is -2.09. The van der Waals surface area contributed by atoms with Crippen molar-refractivity contribution in [3.63, 3.8) is 0 Å². The van der Waals surface area contributed by atoms with Crippen LogP contribution in [-0.2, 0) is 0 Å². The number of aromatic nitrogens is 2. The summed E-state index contributed by atoms with van der Waals surface area (Å²) >= 11 is 5.87. The van der Waals surface area contributed by atoms with Gasteiger partial charge in [0.15, 0.2) is 11.6 Å². The Morgan fingerprint density at radius 2 is 2.21 bits per heavy atom. The Labute approximate surface area is 116 Å². The second kappa shape index (κ2) is 6.33. The number of halogens is 2. The van der Waals surface area contributed by atoms with Gasteiger partial charge >= 0.3 is 0 Å². The summed E-state index contributed by atoms with van der Waals surface area (Å²) in [4.78, 5) is 7.96. The van der Waals surface area contributed by atoms with Crippen molar-refractivity contribution in [1.82, 2.24) is 9.97 Å². The molecule has 1 aromatic heterocycles. The number of benzene rings is 1. The van der Waals surface area contributed by atoms with Gasteiger partial charge in [0.25, 0.3) is 0 Å². The molecule has 1 heterocycles. The molecule has 6 heteroatoms. The van der Waals surface area contributed by atoms with E-state index in [-0.39, 0.29) is 5.82 Å². The fourth-order valence-electron chi connectivity index (χ4n) is 1.48. The monoisotopic (exact) mass is 280 g/mol. The zero-order valence-electron chi connectivity index (χ0n) is 10.5. The molecule has 0 bridgehead atoms. The zero-order valence-corrected chi connectivity index (χ0v) is 11.2. The maximum absolute atomic E-state index is 13.6. The molecule has 0 aliphatic carbocycles. The molecule has 0 fully saturated rings. The molecule has 4 nitrogen and oxygen atoms in total. The first kappa shape index (κ1) is 13.5. The van der Waals surface area contributed by atoms with Crippen LogP contribution in [0.4, 0.5) is 21.8 Å². The van der Waals surface area contributed by atoms with Gasteiger partial charge in [-0.25, -0.2) is 9.37 Å². The first-order valence-electron chi connectivity index (χ1n) is 5.98. The fraction of sp³-hybridized carbons (Fsp3) is 0.231. The lowest BCUT2D eigenvalue weighted by atomic mass is 10.3. The predicted octanol–water partition coefficient (Wildman–Crippen LogP) is 3.83. The number of nitrogens with zero attached hydrogens (tertiary/aromatic N) is 2. The van der Waals surface area contributed by atoms with Gasteiger partial charge in [0.05, 0.1) is 6.20 Å². The van der Waals surface area contributed by atoms with Crippen molar-refractivity contribution in [3.05, 3.63) is 41.3 Å². The summed E-state index contributed by atoms with van der Waals surface area (Å²) in [6, 6.07) is 7.01. The maximum atomic E-state index is 13.6. The molecule has 0 radical (unpaired) electrons. The number of anilines is 3. The van der Waals surface area contributed by atoms with E-state index in [4.69, 9.17) is 11.6 Å². The van der Waals surface area contributed by atoms with E-state index < -0.39 is 5.82 Å². The van der Waals surface area contributed by atoms with Crippen LogP contribution < -0.4 is 10.6 Å². The van der Waals surface area contributed by atoms with Crippen LogP contribution in [0.2, 0.25) is 5.02 Å². The molecular formula is C13H14ClFN4. The minimum absolute atomic E-state index is 0.121. The molecule has 0 aliphatic rings. The summed E-state index contributed by atoms with van der Waals surface area (Å²) in [5, 5.41) is 6.46. The molecule has 0 aliphatic heterocycles. The summed E-state index contributed by atoms with van der Waals surface area (Å²) < 4.78 is 13.6. The maximum Gasteiger partial charge on any atom is 0.224 e. The summed E-state index contributed by atoms with van der Waals surface area (Å²) in [7, 11) is 0. The van der Waals surface area contributed by atoms with Gasteiger partial charge in [-0.3, -0.25) is 0 Å². The minimum atomic E-state index is -0.512. The quantitative estimate of drug-likeness (QED) is 0.874. The third kappa shape index (κ3) is 3.79. The largest absolute Gasteiger partial charge is 0.354 e. The Balaban J connectivity index is 2.19. The van der Waals surface area contributed by atoms with E-state index in [2.05, 4.69) is 20.6 Å². The van der Waals surface area contributed by atoms with Crippen LogP contribution in [0.25, 0.3) is 0 Å². The highest BCUT2D eigenvalue weighted by molar-refractivity contribution is 6.30. The minimum Gasteiger partial charge on any atom is -0.354 e. The second-order valence-corrected chi connectivity index (χ2v) is 4.39. The molecule has 0 atom stereocenters. The summed E-state index contributed by atoms with van der Waals surface area (Å²) in [5.41, 5.74) is 0.673. The van der Waals surface area contributed by atoms with Gasteiger partial charge in [0.2, 0.25) is 5.95 Å². The van der Waals surface area contributed by atoms with Crippen LogP contribution in [-0.4, -0.2) is 16.5 Å². The molecule has 19 heavy (non-hydrogen) atoms. The van der Waals surface area contributed by atoms with E-state index in [1.165, 1.54) is 0 Å². The van der Waals surface area contributed by atoms with Crippen LogP contribution in [0, 0.1) is 5.82 Å². The SMILES string of the molecule is CCCNc1ncc(F)c(Nc2cccc(Cl)c2)n1. The molecule has 0 unspecified atom stereocenters. The van der Waals surface area contributed by atoms with Crippen LogP contribution >= 0.6 is 11.6 Å². The summed E-state index contributed by atoms with van der Waals surface area (Å²) in [6.45, 7) is 2.77. The van der Waals surface area contributed by atoms with E-state index in [0.29, 0.717) is 16.7 Å². The van der Waals surface area contributed by atoms with Gasteiger partial charge in [0, 0.05) is 17.3 Å². The normalized spacial score (nSPS) is 10.3. The molecule has 0 spiro atoms. The van der Waals surface area contributed by atoms with Gasteiger partial charge in [0.1, 0.15) is 0 Å². The Morgan fingerprint density at radius 1 is 1.37 bits per heavy atom. The van der Waals surface area contributed by atoms with Gasteiger partial charge in [-0.1, -0.05) is 24.6 Å². The molecule has 0 saturated carbocycles. The van der Waals surface area contributed by atoms with Gasteiger partial charge in [-0.2, -0.15) is 4.98 Å². The molecule has 2 rings (SSSR count). The lowest BCUT2D eigenvalue weighted by Crippen LogP contribution is -2.07. The highest BCUT2D eigenvalue weighted by Crippen LogP contribution is 2.21. The van der Waals surface area contributed by atoms with Crippen molar-refractivity contribution in [1.29, 1.82) is 0 Å². The van der Waals surface area contributed by atoms with Gasteiger partial charge in [-0.15, -0.1) is 0 Å². The van der Waals surface area contributed by atoms with Crippen molar-refractivity contribution >= 4 is 29.1 Å². The molecular weight excluding hydrogens is 267 g/mol. The Hall–Kier alpha value is -1.88. The van der Waals surface area contributed by atoms with Crippen molar-refractivity contribution < 1.29 is 4.39 Å². The third-order valence-corrected chi connectivity index (χ3v) is 2.60. The Kier molecular flexibility index (Phi) is 4.52. The zero-order chi connectivity index (χ0) is 13.7. The first-order valence-corrected chi connectivity index (χ1v) is 6.36. The first-order chi connectivity index (χ1) is 9.19. The summed E-state index contributed by atoms with van der Waals surface area (Å²) in [6.07, 6.45) is 2.08. The van der Waals surface area contributed by atoms with E-state index in [9.17, 15) is 4.39 Å². The molecule has 0 saturated heterocycles. The Bertz CT molecular complexity index is 562. The highest BCUT2D eigenvalue weighted by atomic mass is 35.5. The van der Waals surface area contributed by atoms with Crippen LogP contribution in [0.3, 0.4) is 0 Å².